The van der Waals surface area contributed by atoms with Crippen molar-refractivity contribution in [3.05, 3.63) is 315 Å². The number of carbonyl (C=O) groups excluding carboxylic acids is 4. The van der Waals surface area contributed by atoms with Crippen molar-refractivity contribution in [1.29, 1.82) is 0 Å². The zero-order valence-corrected chi connectivity index (χ0v) is 75.5. The van der Waals surface area contributed by atoms with Crippen molar-refractivity contribution in [2.24, 2.45) is 0 Å². The number of anilines is 2. The molecule has 2 amide bonds. The van der Waals surface area contributed by atoms with Crippen LogP contribution in [-0.2, 0) is 41.2 Å². The van der Waals surface area contributed by atoms with Gasteiger partial charge in [-0.3, -0.25) is 39.4 Å². The fourth-order valence-corrected chi connectivity index (χ4v) is 11.8. The van der Waals surface area contributed by atoms with E-state index in [0.717, 1.165) is 90.5 Å². The summed E-state index contributed by atoms with van der Waals surface area (Å²) in [5.41, 5.74) is 12.2. The summed E-state index contributed by atoms with van der Waals surface area (Å²) in [6.07, 6.45) is -28.4. The Hall–Kier alpha value is -13.7. The van der Waals surface area contributed by atoms with Crippen LogP contribution >= 0.6 is 27.9 Å². The van der Waals surface area contributed by atoms with Gasteiger partial charge in [0.25, 0.3) is 23.2 Å². The number of nitrogen functional groups attached to an aromatic ring is 2. The van der Waals surface area contributed by atoms with Crippen LogP contribution in [0.5, 0.6) is 23.0 Å². The number of fused-ring (bicyclic) bond motifs is 2. The molecule has 49 heteroatoms. The number of aliphatic hydroxyl groups excluding tert-OH is 4. The zero-order chi connectivity index (χ0) is 103. The van der Waals surface area contributed by atoms with E-state index >= 15 is 0 Å². The highest BCUT2D eigenvalue weighted by molar-refractivity contribution is 9.06. The summed E-state index contributed by atoms with van der Waals surface area (Å²) in [4.78, 5) is 85.2. The second-order valence-electron chi connectivity index (χ2n) is 29.5. The number of benzene rings is 9. The highest BCUT2D eigenvalue weighted by atomic mass is 79.9. The number of nitro groups is 2. The Balaban J connectivity index is 0.000000263. The highest BCUT2D eigenvalue weighted by Gasteiger charge is 2.46. The van der Waals surface area contributed by atoms with Gasteiger partial charge < -0.3 is 64.5 Å². The van der Waals surface area contributed by atoms with E-state index in [2.05, 4.69) is 40.0 Å². The number of halogens is 21. The van der Waals surface area contributed by atoms with E-state index in [1.807, 2.05) is 0 Å². The monoisotopic (exact) mass is 2050 g/mol. The summed E-state index contributed by atoms with van der Waals surface area (Å²) in [6, 6.07) is 41.0. The second kappa shape index (κ2) is 48.7. The van der Waals surface area contributed by atoms with Crippen LogP contribution in [-0.4, -0.2) is 151 Å². The lowest BCUT2D eigenvalue weighted by atomic mass is 10.0. The minimum Gasteiger partial charge on any atom is -0.497 e. The molecule has 8 N–H and O–H groups in total. The number of aldehydes is 1. The number of amides is 2. The number of ether oxygens (including phenoxy) is 4. The normalized spacial score (nSPS) is 13.0. The average Bonchev–Trinajstić information content (AvgIpc) is 1.62. The van der Waals surface area contributed by atoms with E-state index in [1.54, 1.807) is 43.5 Å². The van der Waals surface area contributed by atoms with Gasteiger partial charge in [0.15, 0.2) is 60.4 Å². The Morgan fingerprint density at radius 2 is 0.796 bits per heavy atom. The van der Waals surface area contributed by atoms with Crippen molar-refractivity contribution in [3.8, 4) is 45.8 Å². The summed E-state index contributed by atoms with van der Waals surface area (Å²) >= 11 is 8.67. The molecule has 11 aromatic rings. The Morgan fingerprint density at radius 1 is 0.489 bits per heavy atom. The molecule has 0 bridgehead atoms. The zero-order valence-electron chi connectivity index (χ0n) is 72.2. The predicted molar refractivity (Wildman–Crippen MR) is 463 cm³/mol. The maximum absolute atomic E-state index is 14.7. The first-order valence-electron chi connectivity index (χ1n) is 38.8. The molecule has 4 heterocycles. The first-order valence-corrected chi connectivity index (χ1v) is 43.3. The van der Waals surface area contributed by atoms with Gasteiger partial charge in [-0.25, -0.2) is 37.5 Å². The average molecular weight is 2050 g/mol. The maximum atomic E-state index is 14.7. The van der Waals surface area contributed by atoms with Gasteiger partial charge in [0.1, 0.15) is 63.3 Å². The topological polar surface area (TPSA) is 392 Å². The first-order chi connectivity index (χ1) is 63.8. The minimum atomic E-state index is -4.84. The summed E-state index contributed by atoms with van der Waals surface area (Å²) in [7, 11) is 3.21. The summed E-state index contributed by atoms with van der Waals surface area (Å²) in [5, 5.41) is 56.1. The lowest BCUT2D eigenvalue weighted by Crippen LogP contribution is -2.40. The molecule has 4 unspecified atom stereocenters. The smallest absolute Gasteiger partial charge is 0.418 e. The molecule has 9 aromatic carbocycles. The van der Waals surface area contributed by atoms with Crippen LogP contribution in [0.4, 0.5) is 106 Å². The number of aliphatic hydroxyl groups is 4. The predicted octanol–water partition coefficient (Wildman–Crippen LogP) is 20.6. The van der Waals surface area contributed by atoms with Crippen molar-refractivity contribution in [1.82, 2.24) is 29.7 Å². The number of aromatic nitrogens is 4. The molecule has 13 rings (SSSR count). The number of nitrogens with two attached hydrogens (primary N) is 2. The van der Waals surface area contributed by atoms with Gasteiger partial charge in [-0.05, 0) is 125 Å². The number of non-ortho nitro benzene ring substituents is 2. The summed E-state index contributed by atoms with van der Waals surface area (Å²) in [5.74, 6) is -6.69. The molecule has 0 radical (unpaired) electrons. The van der Waals surface area contributed by atoms with Crippen molar-refractivity contribution in [3.63, 3.8) is 0 Å². The molecule has 0 fully saturated rings. The maximum Gasteiger partial charge on any atom is 0.418 e. The molecule has 2 aliphatic rings. The Morgan fingerprint density at radius 3 is 1.09 bits per heavy atom. The number of hydrogen-bond acceptors (Lipinski definition) is 23. The van der Waals surface area contributed by atoms with Crippen LogP contribution < -0.4 is 30.4 Å². The molecule has 0 saturated heterocycles. The fraction of sp³-hybridized carbons (Fsp3) is 0.250. The van der Waals surface area contributed by atoms with E-state index < -0.39 is 113 Å². The van der Waals surface area contributed by atoms with Gasteiger partial charge in [-0.15, -0.1) is 0 Å². The Labute approximate surface area is 779 Å². The number of alkyl halides is 15. The van der Waals surface area contributed by atoms with Gasteiger partial charge in [0.2, 0.25) is 0 Å². The molecule has 0 aliphatic carbocycles. The molecule has 2 aliphatic heterocycles. The van der Waals surface area contributed by atoms with Crippen molar-refractivity contribution < 1.29 is 156 Å². The number of nitro benzene ring substituents is 2. The van der Waals surface area contributed by atoms with E-state index in [0.29, 0.717) is 63.0 Å². The molecule has 27 nitrogen and oxygen atoms in total. The standard InChI is InChI=1S/C30H24F5N3O4.C21H16ClF2N3O3.C8H6F3NO3.2C8H8F3NO.C7H5NO3.C4H9F3Si.C2H3BrO2/c1-41-19-11-10-18(24(13-19)42-2)14-38-15-23-26(29(38)40)22(36-28(37-23)25-20(31)4-3-5-21(25)32)12-16-6-8-17(9-7-16)27(39)30(33,34)35;1-29-12-7-6-11(16(8-12)30-2)9-27-10-15-18(21(27)28)19(22)26-20(25-15)17-13(23)4-3-5-14(17)24;9-8(10,11)7(13)5-1-3-6(4-2-5)12(14)15;2*9-8(10,11)7(13)5-1-3-6(12)4-2-5;9-5-6-1-3-7(4-2-6)8(10)11;1-8(2,3)4(5,6)7;1-2(4)5-3/h3-11,13,27,39H,12,14-15H2,1-2H3;3-8H,9-10H2,1-2H3;1-4,7,13H;2*1-4,7,13H,12H2;1-5H;1-3H3;1H3. The van der Waals surface area contributed by atoms with E-state index in [9.17, 15) is 128 Å². The SMILES string of the molecule is CC(=O)OBr.COc1ccc(CN2Cc3nc(-c4c(F)cccc4F)nc(Cc4ccc(C(O)C(F)(F)F)cc4)c3C2=O)c(OC)c1.COc1ccc(CN2Cc3nc(-c4c(F)cccc4F)nc(Cl)c3C2=O)c(OC)c1.C[Si](C)(C)C(F)(F)F.Nc1ccc(C(O)C(F)(F)F)cc1.Nc1ccc(C(O)C(F)(F)F)cc1.O=Cc1ccc([N+](=O)[O-])cc1.O=[N+]([O-])c1ccc(C(O)C(F)(F)F)cc1. The number of methoxy groups -OCH3 is 4. The van der Waals surface area contributed by atoms with Crippen LogP contribution in [0, 0.1) is 43.5 Å². The lowest BCUT2D eigenvalue weighted by molar-refractivity contribution is -0.385. The van der Waals surface area contributed by atoms with Crippen LogP contribution in [0.3, 0.4) is 0 Å². The van der Waals surface area contributed by atoms with Crippen molar-refractivity contribution >= 4 is 82.8 Å². The number of hydrogen-bond donors (Lipinski definition) is 6. The third kappa shape index (κ3) is 32.0. The molecular formula is C88H79BrClF19N10O17Si. The van der Waals surface area contributed by atoms with E-state index in [-0.39, 0.29) is 117 Å². The third-order valence-electron chi connectivity index (χ3n) is 18.8. The summed E-state index contributed by atoms with van der Waals surface area (Å²) in [6.45, 7) is 5.65. The number of rotatable bonds is 19. The molecule has 0 spiro atoms. The van der Waals surface area contributed by atoms with Crippen LogP contribution in [0.15, 0.2) is 194 Å². The summed E-state index contributed by atoms with van der Waals surface area (Å²) < 4.78 is 264. The fourth-order valence-electron chi connectivity index (χ4n) is 11.5. The molecule has 2 aromatic heterocycles. The first kappa shape index (κ1) is 112. The molecule has 734 valence electrons. The molecule has 4 atom stereocenters. The van der Waals surface area contributed by atoms with Crippen molar-refractivity contribution in [2.75, 3.05) is 39.9 Å². The molecular weight excluding hydrogens is 1970 g/mol. The minimum absolute atomic E-state index is 0.00407. The van der Waals surface area contributed by atoms with Crippen LogP contribution in [0.25, 0.3) is 22.8 Å². The highest BCUT2D eigenvalue weighted by Crippen LogP contribution is 2.41. The van der Waals surface area contributed by atoms with Gasteiger partial charge in [-0.1, -0.05) is 91.9 Å². The Kier molecular flexibility index (Phi) is 39.8. The molecule has 0 saturated carbocycles. The van der Waals surface area contributed by atoms with Gasteiger partial charge >= 0.3 is 36.5 Å². The molecule has 137 heavy (non-hydrogen) atoms. The van der Waals surface area contributed by atoms with Crippen LogP contribution in [0.2, 0.25) is 24.8 Å². The number of nitrogens with zero attached hydrogens (tertiary/aromatic N) is 8. The van der Waals surface area contributed by atoms with E-state index in [4.69, 9.17) is 57.3 Å². The van der Waals surface area contributed by atoms with Crippen molar-refractivity contribution in [2.45, 2.75) is 114 Å². The van der Waals surface area contributed by atoms with Crippen LogP contribution in [0.1, 0.15) is 118 Å². The van der Waals surface area contributed by atoms with Gasteiger partial charge in [-0.2, -0.15) is 65.9 Å². The third-order valence-corrected chi connectivity index (χ3v) is 21.2. The Bertz CT molecular complexity index is 5870. The van der Waals surface area contributed by atoms with E-state index in [1.165, 1.54) is 130 Å². The number of carbonyl (C=O) groups is 4. The lowest BCUT2D eigenvalue weighted by Gasteiger charge is -2.19. The van der Waals surface area contributed by atoms with Gasteiger partial charge in [0, 0.05) is 77.8 Å². The van der Waals surface area contributed by atoms with Gasteiger partial charge in [0.05, 0.1) is 98.2 Å². The largest absolute Gasteiger partial charge is 0.497 e. The second-order valence-corrected chi connectivity index (χ2v) is 35.3. The quantitative estimate of drug-likeness (QED) is 0.00833.